The topological polar surface area (TPSA) is 90.7 Å². The Morgan fingerprint density at radius 3 is 2.48 bits per heavy atom. The van der Waals surface area contributed by atoms with Crippen LogP contribution in [0, 0.1) is 5.92 Å². The second-order valence-electron chi connectivity index (χ2n) is 7.94. The summed E-state index contributed by atoms with van der Waals surface area (Å²) in [6.07, 6.45) is 1.68. The molecule has 0 atom stereocenters. The molecule has 0 bridgehead atoms. The SMILES string of the molecule is COC(=O)c1c(NC(=O)OC(C)(C)CC(C)C)oc2cc(C(C)C)cnc12. The Morgan fingerprint density at radius 2 is 1.93 bits per heavy atom. The van der Waals surface area contributed by atoms with Gasteiger partial charge in [-0.15, -0.1) is 0 Å². The summed E-state index contributed by atoms with van der Waals surface area (Å²) in [7, 11) is 1.26. The van der Waals surface area contributed by atoms with Crippen molar-refractivity contribution < 1.29 is 23.5 Å². The van der Waals surface area contributed by atoms with Crippen LogP contribution in [0.3, 0.4) is 0 Å². The van der Waals surface area contributed by atoms with Crippen LogP contribution in [0.2, 0.25) is 0 Å². The molecule has 0 radical (unpaired) electrons. The molecule has 0 saturated heterocycles. The van der Waals surface area contributed by atoms with E-state index in [1.54, 1.807) is 12.3 Å². The Labute approximate surface area is 159 Å². The Morgan fingerprint density at radius 1 is 1.26 bits per heavy atom. The third-order valence-corrected chi connectivity index (χ3v) is 4.09. The molecule has 2 aromatic rings. The highest BCUT2D eigenvalue weighted by Gasteiger charge is 2.28. The fourth-order valence-electron chi connectivity index (χ4n) is 3.08. The first-order valence-corrected chi connectivity index (χ1v) is 9.04. The number of aromatic nitrogens is 1. The van der Waals surface area contributed by atoms with E-state index < -0.39 is 17.7 Å². The third kappa shape index (κ3) is 4.99. The molecule has 148 valence electrons. The van der Waals surface area contributed by atoms with Crippen LogP contribution in [0.5, 0.6) is 0 Å². The van der Waals surface area contributed by atoms with Crippen LogP contribution < -0.4 is 5.32 Å². The van der Waals surface area contributed by atoms with Crippen LogP contribution in [-0.2, 0) is 9.47 Å². The van der Waals surface area contributed by atoms with Crippen LogP contribution in [0.15, 0.2) is 16.7 Å². The Bertz CT molecular complexity index is 836. The van der Waals surface area contributed by atoms with E-state index in [0.717, 1.165) is 5.56 Å². The number of nitrogens with one attached hydrogen (secondary N) is 1. The van der Waals surface area contributed by atoms with Crippen LogP contribution >= 0.6 is 0 Å². The van der Waals surface area contributed by atoms with Crippen molar-refractivity contribution in [3.05, 3.63) is 23.4 Å². The number of nitrogens with zero attached hydrogens (tertiary/aromatic N) is 1. The van der Waals surface area contributed by atoms with Gasteiger partial charge in [-0.3, -0.25) is 10.3 Å². The first kappa shape index (κ1) is 20.7. The molecule has 0 aromatic carbocycles. The van der Waals surface area contributed by atoms with Crippen molar-refractivity contribution in [1.82, 2.24) is 4.98 Å². The van der Waals surface area contributed by atoms with E-state index >= 15 is 0 Å². The number of rotatable bonds is 6. The molecular weight excluding hydrogens is 348 g/mol. The van der Waals surface area contributed by atoms with Crippen molar-refractivity contribution in [2.24, 2.45) is 5.92 Å². The zero-order valence-corrected chi connectivity index (χ0v) is 17.0. The van der Waals surface area contributed by atoms with Gasteiger partial charge in [0.1, 0.15) is 16.7 Å². The number of methoxy groups -OCH3 is 1. The number of fused-ring (bicyclic) bond motifs is 1. The van der Waals surface area contributed by atoms with Crippen molar-refractivity contribution >= 4 is 29.0 Å². The molecule has 2 heterocycles. The standard InChI is InChI=1S/C20H28N2O5/c1-11(2)9-20(5,6)27-19(24)22-17-15(18(23)25-7)16-14(26-17)8-13(10-21-16)12(3)4/h8,10-12H,9H2,1-7H3,(H,22,24). The summed E-state index contributed by atoms with van der Waals surface area (Å²) in [4.78, 5) is 28.9. The molecule has 0 aliphatic carbocycles. The van der Waals surface area contributed by atoms with Gasteiger partial charge in [-0.05, 0) is 43.7 Å². The maximum Gasteiger partial charge on any atom is 0.414 e. The molecule has 27 heavy (non-hydrogen) atoms. The lowest BCUT2D eigenvalue weighted by molar-refractivity contribution is 0.0329. The Kier molecular flexibility index (Phi) is 6.13. The number of esters is 1. The fraction of sp³-hybridized carbons (Fsp3) is 0.550. The van der Waals surface area contributed by atoms with Gasteiger partial charge in [-0.2, -0.15) is 0 Å². The fourth-order valence-corrected chi connectivity index (χ4v) is 3.08. The molecule has 2 rings (SSSR count). The number of anilines is 1. The van der Waals surface area contributed by atoms with Crippen LogP contribution in [0.25, 0.3) is 11.1 Å². The van der Waals surface area contributed by atoms with Crippen molar-refractivity contribution in [3.8, 4) is 0 Å². The number of furan rings is 1. The van der Waals surface area contributed by atoms with Crippen LogP contribution in [0.1, 0.15) is 69.8 Å². The highest BCUT2D eigenvalue weighted by Crippen LogP contribution is 2.31. The summed E-state index contributed by atoms with van der Waals surface area (Å²) in [6, 6.07) is 1.80. The maximum absolute atomic E-state index is 12.4. The summed E-state index contributed by atoms with van der Waals surface area (Å²) >= 11 is 0. The average molecular weight is 376 g/mol. The predicted octanol–water partition coefficient (Wildman–Crippen LogP) is 5.11. The number of hydrogen-bond donors (Lipinski definition) is 1. The summed E-state index contributed by atoms with van der Waals surface area (Å²) in [5.74, 6) is -0.0686. The highest BCUT2D eigenvalue weighted by atomic mass is 16.6. The molecule has 0 aliphatic heterocycles. The molecule has 1 N–H and O–H groups in total. The van der Waals surface area contributed by atoms with Crippen molar-refractivity contribution in [3.63, 3.8) is 0 Å². The summed E-state index contributed by atoms with van der Waals surface area (Å²) < 4.78 is 16.0. The number of amides is 1. The minimum Gasteiger partial charge on any atom is -0.465 e. The molecular formula is C20H28N2O5. The van der Waals surface area contributed by atoms with E-state index in [2.05, 4.69) is 24.1 Å². The summed E-state index contributed by atoms with van der Waals surface area (Å²) in [6.45, 7) is 11.8. The lowest BCUT2D eigenvalue weighted by Crippen LogP contribution is -2.32. The number of hydrogen-bond acceptors (Lipinski definition) is 6. The van der Waals surface area contributed by atoms with E-state index in [1.165, 1.54) is 7.11 Å². The second-order valence-corrected chi connectivity index (χ2v) is 7.94. The largest absolute Gasteiger partial charge is 0.465 e. The van der Waals surface area contributed by atoms with E-state index in [9.17, 15) is 9.59 Å². The average Bonchev–Trinajstić information content (AvgIpc) is 2.88. The molecule has 0 saturated carbocycles. The first-order chi connectivity index (χ1) is 12.5. The van der Waals surface area contributed by atoms with Crippen molar-refractivity contribution in [1.29, 1.82) is 0 Å². The Hall–Kier alpha value is -2.57. The van der Waals surface area contributed by atoms with Gasteiger partial charge in [-0.25, -0.2) is 9.59 Å². The maximum atomic E-state index is 12.4. The van der Waals surface area contributed by atoms with Gasteiger partial charge >= 0.3 is 12.1 Å². The molecule has 2 aromatic heterocycles. The molecule has 7 heteroatoms. The molecule has 1 amide bonds. The van der Waals surface area contributed by atoms with Crippen LogP contribution in [0.4, 0.5) is 10.7 Å². The lowest BCUT2D eigenvalue weighted by atomic mass is 9.96. The number of carbonyl (C=O) groups is 2. The molecule has 0 fully saturated rings. The lowest BCUT2D eigenvalue weighted by Gasteiger charge is -2.26. The smallest absolute Gasteiger partial charge is 0.414 e. The van der Waals surface area contributed by atoms with E-state index in [1.807, 2.05) is 27.7 Å². The van der Waals surface area contributed by atoms with E-state index in [0.29, 0.717) is 23.4 Å². The van der Waals surface area contributed by atoms with Crippen molar-refractivity contribution in [2.75, 3.05) is 12.4 Å². The number of ether oxygens (including phenoxy) is 2. The van der Waals surface area contributed by atoms with Crippen LogP contribution in [-0.4, -0.2) is 29.8 Å². The molecule has 7 nitrogen and oxygen atoms in total. The minimum atomic E-state index is -0.700. The van der Waals surface area contributed by atoms with Gasteiger partial charge in [0.2, 0.25) is 5.88 Å². The molecule has 0 unspecified atom stereocenters. The summed E-state index contributed by atoms with van der Waals surface area (Å²) in [5, 5.41) is 2.52. The molecule has 0 aliphatic rings. The van der Waals surface area contributed by atoms with E-state index in [4.69, 9.17) is 13.9 Å². The van der Waals surface area contributed by atoms with Crippen molar-refractivity contribution in [2.45, 2.75) is 59.5 Å². The number of carbonyl (C=O) groups excluding carboxylic acids is 2. The third-order valence-electron chi connectivity index (χ3n) is 4.09. The quantitative estimate of drug-likeness (QED) is 0.704. The van der Waals surface area contributed by atoms with Gasteiger partial charge in [0.15, 0.2) is 5.58 Å². The van der Waals surface area contributed by atoms with Gasteiger partial charge < -0.3 is 13.9 Å². The second kappa shape index (κ2) is 7.98. The zero-order valence-electron chi connectivity index (χ0n) is 17.0. The van der Waals surface area contributed by atoms with Gasteiger partial charge in [0.05, 0.1) is 7.11 Å². The minimum absolute atomic E-state index is 0.0318. The normalized spacial score (nSPS) is 11.9. The Balaban J connectivity index is 2.36. The van der Waals surface area contributed by atoms with Gasteiger partial charge in [0, 0.05) is 6.20 Å². The summed E-state index contributed by atoms with van der Waals surface area (Å²) in [5.41, 5.74) is 1.11. The zero-order chi connectivity index (χ0) is 20.4. The van der Waals surface area contributed by atoms with Gasteiger partial charge in [-0.1, -0.05) is 27.7 Å². The van der Waals surface area contributed by atoms with Gasteiger partial charge in [0.25, 0.3) is 0 Å². The number of pyridine rings is 1. The van der Waals surface area contributed by atoms with E-state index in [-0.39, 0.29) is 17.4 Å². The predicted molar refractivity (Wildman–Crippen MR) is 103 cm³/mol. The highest BCUT2D eigenvalue weighted by molar-refractivity contribution is 6.08. The monoisotopic (exact) mass is 376 g/mol. The first-order valence-electron chi connectivity index (χ1n) is 9.04. The molecule has 0 spiro atoms.